The van der Waals surface area contributed by atoms with Gasteiger partial charge in [0.2, 0.25) is 11.9 Å². The van der Waals surface area contributed by atoms with E-state index in [1.165, 1.54) is 32.1 Å². The van der Waals surface area contributed by atoms with E-state index < -0.39 is 0 Å². The predicted molar refractivity (Wildman–Crippen MR) is 111 cm³/mol. The van der Waals surface area contributed by atoms with Crippen molar-refractivity contribution >= 4 is 17.8 Å². The van der Waals surface area contributed by atoms with Gasteiger partial charge in [-0.15, -0.1) is 0 Å². The number of aliphatic imine (C=N–C) groups is 1. The van der Waals surface area contributed by atoms with Crippen LogP contribution in [0.15, 0.2) is 23.5 Å². The Labute approximate surface area is 167 Å². The van der Waals surface area contributed by atoms with Gasteiger partial charge in [0, 0.05) is 51.7 Å². The lowest BCUT2D eigenvalue weighted by atomic mass is 9.95. The summed E-state index contributed by atoms with van der Waals surface area (Å²) in [6, 6.07) is 2.63. The lowest BCUT2D eigenvalue weighted by molar-refractivity contribution is -0.127. The van der Waals surface area contributed by atoms with Crippen molar-refractivity contribution in [1.29, 1.82) is 0 Å². The van der Waals surface area contributed by atoms with Crippen molar-refractivity contribution < 1.29 is 4.79 Å². The van der Waals surface area contributed by atoms with Gasteiger partial charge in [-0.25, -0.2) is 15.0 Å². The molecule has 1 aromatic heterocycles. The van der Waals surface area contributed by atoms with E-state index in [0.717, 1.165) is 37.8 Å². The minimum atomic E-state index is 0.0146. The van der Waals surface area contributed by atoms with Crippen LogP contribution in [0.3, 0.4) is 0 Å². The molecule has 154 valence electrons. The Hall–Kier alpha value is -2.38. The van der Waals surface area contributed by atoms with Gasteiger partial charge in [0.15, 0.2) is 5.96 Å². The van der Waals surface area contributed by atoms with Crippen molar-refractivity contribution in [3.63, 3.8) is 0 Å². The lowest BCUT2D eigenvalue weighted by Gasteiger charge is -2.34. The highest BCUT2D eigenvalue weighted by Crippen LogP contribution is 2.18. The first-order valence-corrected chi connectivity index (χ1v) is 10.4. The van der Waals surface area contributed by atoms with Crippen LogP contribution in [-0.4, -0.2) is 72.5 Å². The van der Waals surface area contributed by atoms with Gasteiger partial charge in [0.1, 0.15) is 6.54 Å². The molecule has 0 radical (unpaired) electrons. The van der Waals surface area contributed by atoms with E-state index in [4.69, 9.17) is 0 Å². The number of hydrogen-bond donors (Lipinski definition) is 2. The Morgan fingerprint density at radius 1 is 1.07 bits per heavy atom. The topological polar surface area (TPSA) is 85.8 Å². The maximum atomic E-state index is 12.0. The molecule has 0 bridgehead atoms. The molecule has 1 aliphatic carbocycles. The molecular weight excluding hydrogens is 354 g/mol. The standard InChI is InChI=1S/C20H33N7O/c1-26(2)18(28)15-23-19(24-16-7-4-3-5-8-16)25-17-9-13-27(14-10-17)20-21-11-6-12-22-20/h6,11-12,16-17H,3-5,7-10,13-15H2,1-2H3,(H2,23,24,25). The second-order valence-electron chi connectivity index (χ2n) is 7.89. The number of guanidine groups is 1. The minimum absolute atomic E-state index is 0.0146. The Morgan fingerprint density at radius 2 is 1.68 bits per heavy atom. The fourth-order valence-electron chi connectivity index (χ4n) is 3.73. The molecule has 0 atom stereocenters. The summed E-state index contributed by atoms with van der Waals surface area (Å²) in [4.78, 5) is 29.0. The number of anilines is 1. The van der Waals surface area contributed by atoms with Crippen LogP contribution in [0, 0.1) is 0 Å². The highest BCUT2D eigenvalue weighted by atomic mass is 16.2. The van der Waals surface area contributed by atoms with Crippen LogP contribution in [0.25, 0.3) is 0 Å². The van der Waals surface area contributed by atoms with Gasteiger partial charge < -0.3 is 20.4 Å². The number of piperidine rings is 1. The third kappa shape index (κ3) is 6.07. The van der Waals surface area contributed by atoms with E-state index in [0.29, 0.717) is 12.1 Å². The average molecular weight is 388 g/mol. The van der Waals surface area contributed by atoms with Crippen LogP contribution in [0.1, 0.15) is 44.9 Å². The third-order valence-electron chi connectivity index (χ3n) is 5.49. The summed E-state index contributed by atoms with van der Waals surface area (Å²) in [7, 11) is 3.53. The molecule has 2 N–H and O–H groups in total. The highest BCUT2D eigenvalue weighted by molar-refractivity contribution is 5.85. The van der Waals surface area contributed by atoms with Crippen molar-refractivity contribution in [2.75, 3.05) is 38.6 Å². The second kappa shape index (κ2) is 10.2. The molecule has 0 aromatic carbocycles. The number of amides is 1. The average Bonchev–Trinajstić information content (AvgIpc) is 2.73. The maximum absolute atomic E-state index is 12.0. The first-order valence-electron chi connectivity index (χ1n) is 10.4. The number of likely N-dealkylation sites (N-methyl/N-ethyl adjacent to an activating group) is 1. The summed E-state index contributed by atoms with van der Waals surface area (Å²) in [5, 5.41) is 7.14. The summed E-state index contributed by atoms with van der Waals surface area (Å²) < 4.78 is 0. The Kier molecular flexibility index (Phi) is 7.45. The number of rotatable bonds is 5. The van der Waals surface area contributed by atoms with Crippen molar-refractivity contribution in [2.24, 2.45) is 4.99 Å². The summed E-state index contributed by atoms with van der Waals surface area (Å²) in [6.07, 6.45) is 11.7. The number of carbonyl (C=O) groups excluding carboxylic acids is 1. The van der Waals surface area contributed by atoms with Crippen LogP contribution in [0.4, 0.5) is 5.95 Å². The molecule has 2 aliphatic rings. The molecule has 3 rings (SSSR count). The maximum Gasteiger partial charge on any atom is 0.243 e. The molecule has 2 heterocycles. The molecule has 1 saturated heterocycles. The summed E-state index contributed by atoms with van der Waals surface area (Å²) >= 11 is 0. The zero-order valence-electron chi connectivity index (χ0n) is 17.1. The molecular formula is C20H33N7O. The quantitative estimate of drug-likeness (QED) is 0.587. The zero-order chi connectivity index (χ0) is 19.8. The van der Waals surface area contributed by atoms with Crippen LogP contribution >= 0.6 is 0 Å². The van der Waals surface area contributed by atoms with E-state index in [-0.39, 0.29) is 12.5 Å². The summed E-state index contributed by atoms with van der Waals surface area (Å²) in [5.74, 6) is 1.59. The van der Waals surface area contributed by atoms with E-state index >= 15 is 0 Å². The predicted octanol–water partition coefficient (Wildman–Crippen LogP) is 1.40. The molecule has 1 amide bonds. The lowest BCUT2D eigenvalue weighted by Crippen LogP contribution is -2.51. The fraction of sp³-hybridized carbons (Fsp3) is 0.700. The molecule has 8 nitrogen and oxygen atoms in total. The van der Waals surface area contributed by atoms with E-state index in [9.17, 15) is 4.79 Å². The fourth-order valence-corrected chi connectivity index (χ4v) is 3.73. The third-order valence-corrected chi connectivity index (χ3v) is 5.49. The van der Waals surface area contributed by atoms with E-state index in [2.05, 4.69) is 30.5 Å². The molecule has 0 unspecified atom stereocenters. The molecule has 1 aromatic rings. The van der Waals surface area contributed by atoms with Gasteiger partial charge in [-0.1, -0.05) is 19.3 Å². The van der Waals surface area contributed by atoms with Gasteiger partial charge in [-0.3, -0.25) is 4.79 Å². The van der Waals surface area contributed by atoms with E-state index in [1.807, 2.05) is 6.07 Å². The molecule has 0 spiro atoms. The number of nitrogens with zero attached hydrogens (tertiary/aromatic N) is 5. The number of nitrogens with one attached hydrogen (secondary N) is 2. The largest absolute Gasteiger partial charge is 0.354 e. The molecule has 2 fully saturated rings. The molecule has 1 aliphatic heterocycles. The number of hydrogen-bond acceptors (Lipinski definition) is 5. The first-order chi connectivity index (χ1) is 13.6. The van der Waals surface area contributed by atoms with Crippen LogP contribution in [0.2, 0.25) is 0 Å². The minimum Gasteiger partial charge on any atom is -0.354 e. The molecule has 8 heteroatoms. The summed E-state index contributed by atoms with van der Waals surface area (Å²) in [6.45, 7) is 2.00. The van der Waals surface area contributed by atoms with Gasteiger partial charge in [0.05, 0.1) is 0 Å². The van der Waals surface area contributed by atoms with Gasteiger partial charge in [-0.2, -0.15) is 0 Å². The molecule has 1 saturated carbocycles. The van der Waals surface area contributed by atoms with Crippen molar-refractivity contribution in [2.45, 2.75) is 57.0 Å². The Bertz CT molecular complexity index is 635. The van der Waals surface area contributed by atoms with Crippen molar-refractivity contribution in [1.82, 2.24) is 25.5 Å². The Morgan fingerprint density at radius 3 is 2.29 bits per heavy atom. The smallest absolute Gasteiger partial charge is 0.243 e. The van der Waals surface area contributed by atoms with E-state index in [1.54, 1.807) is 31.4 Å². The van der Waals surface area contributed by atoms with Gasteiger partial charge in [-0.05, 0) is 31.7 Å². The summed E-state index contributed by atoms with van der Waals surface area (Å²) in [5.41, 5.74) is 0. The van der Waals surface area contributed by atoms with Crippen LogP contribution in [-0.2, 0) is 4.79 Å². The van der Waals surface area contributed by atoms with Crippen molar-refractivity contribution in [3.8, 4) is 0 Å². The van der Waals surface area contributed by atoms with Crippen LogP contribution in [0.5, 0.6) is 0 Å². The Balaban J connectivity index is 1.56. The zero-order valence-corrected chi connectivity index (χ0v) is 17.1. The molecule has 28 heavy (non-hydrogen) atoms. The number of aromatic nitrogens is 2. The monoisotopic (exact) mass is 387 g/mol. The van der Waals surface area contributed by atoms with Crippen LogP contribution < -0.4 is 15.5 Å². The van der Waals surface area contributed by atoms with Crippen molar-refractivity contribution in [3.05, 3.63) is 18.5 Å². The van der Waals surface area contributed by atoms with Gasteiger partial charge >= 0.3 is 0 Å². The second-order valence-corrected chi connectivity index (χ2v) is 7.89. The normalized spacial score (nSPS) is 19.4. The highest BCUT2D eigenvalue weighted by Gasteiger charge is 2.23. The first kappa shape index (κ1) is 20.4. The van der Waals surface area contributed by atoms with Gasteiger partial charge in [0.25, 0.3) is 0 Å². The SMILES string of the molecule is CN(C)C(=O)CN=C(NC1CCCCC1)NC1CCN(c2ncccn2)CC1. The number of carbonyl (C=O) groups is 1.